The fourth-order valence-corrected chi connectivity index (χ4v) is 2.22. The molecule has 0 saturated carbocycles. The molecule has 0 radical (unpaired) electrons. The van der Waals surface area contributed by atoms with Gasteiger partial charge < -0.3 is 25.1 Å². The van der Waals surface area contributed by atoms with E-state index in [1.807, 2.05) is 37.2 Å². The number of nitrogens with one attached hydrogen (secondary N) is 2. The lowest BCUT2D eigenvalue weighted by Gasteiger charge is -2.21. The van der Waals surface area contributed by atoms with Crippen LogP contribution in [0.15, 0.2) is 30.4 Å². The van der Waals surface area contributed by atoms with E-state index in [-0.39, 0.29) is 18.2 Å². The first-order valence-corrected chi connectivity index (χ1v) is 8.19. The van der Waals surface area contributed by atoms with Crippen molar-refractivity contribution in [2.75, 3.05) is 30.9 Å². The summed E-state index contributed by atoms with van der Waals surface area (Å²) in [7, 11) is 3.85. The molecule has 0 aliphatic rings. The van der Waals surface area contributed by atoms with Gasteiger partial charge in [0.25, 0.3) is 0 Å². The number of hydrogen-bond donors (Lipinski definition) is 2. The van der Waals surface area contributed by atoms with Gasteiger partial charge in [0.1, 0.15) is 18.1 Å². The number of nitrogens with zero attached hydrogens (tertiary/aromatic N) is 1. The molecule has 1 rings (SSSR count). The Labute approximate surface area is 149 Å². The largest absolute Gasteiger partial charge is 0.381 e. The van der Waals surface area contributed by atoms with Gasteiger partial charge in [0.15, 0.2) is 0 Å². The van der Waals surface area contributed by atoms with Gasteiger partial charge in [-0.05, 0) is 38.0 Å². The maximum absolute atomic E-state index is 11.6. The molecule has 0 aliphatic heterocycles. The van der Waals surface area contributed by atoms with Crippen LogP contribution in [0.1, 0.15) is 25.8 Å². The van der Waals surface area contributed by atoms with E-state index < -0.39 is 6.04 Å². The first-order valence-electron chi connectivity index (χ1n) is 8.19. The van der Waals surface area contributed by atoms with E-state index in [0.717, 1.165) is 16.9 Å². The fraction of sp³-hybridized carbons (Fsp3) is 0.421. The van der Waals surface area contributed by atoms with Gasteiger partial charge in [-0.15, -0.1) is 0 Å². The highest BCUT2D eigenvalue weighted by molar-refractivity contribution is 5.93. The summed E-state index contributed by atoms with van der Waals surface area (Å²) in [6.45, 7) is 7.01. The van der Waals surface area contributed by atoms with Crippen molar-refractivity contribution >= 4 is 29.4 Å². The summed E-state index contributed by atoms with van der Waals surface area (Å²) >= 11 is 0. The number of amides is 1. The maximum atomic E-state index is 11.6. The predicted octanol–water partition coefficient (Wildman–Crippen LogP) is 1.95. The first-order chi connectivity index (χ1) is 11.7. The summed E-state index contributed by atoms with van der Waals surface area (Å²) in [4.78, 5) is 35.9. The smallest absolute Gasteiger partial charge is 0.246 e. The average Bonchev–Trinajstić information content (AvgIpc) is 2.56. The van der Waals surface area contributed by atoms with Crippen LogP contribution in [0.5, 0.6) is 0 Å². The van der Waals surface area contributed by atoms with Crippen LogP contribution >= 0.6 is 0 Å². The van der Waals surface area contributed by atoms with Crippen LogP contribution in [0.2, 0.25) is 0 Å². The molecule has 0 aliphatic carbocycles. The number of hydrogen-bond acceptors (Lipinski definition) is 5. The molecule has 0 fully saturated rings. The Bertz CT molecular complexity index is 653. The summed E-state index contributed by atoms with van der Waals surface area (Å²) in [6, 6.07) is 5.26. The molecular formula is C19H27N3O3. The number of carbonyl (C=O) groups is 3. The van der Waals surface area contributed by atoms with Gasteiger partial charge in [-0.25, -0.2) is 0 Å². The molecule has 0 saturated heterocycles. The Morgan fingerprint density at radius 3 is 2.48 bits per heavy atom. The number of carbonyl (C=O) groups excluding carboxylic acids is 3. The highest BCUT2D eigenvalue weighted by Gasteiger charge is 2.13. The molecule has 25 heavy (non-hydrogen) atoms. The van der Waals surface area contributed by atoms with Crippen LogP contribution in [0.3, 0.4) is 0 Å². The van der Waals surface area contributed by atoms with E-state index in [1.165, 1.54) is 0 Å². The third-order valence-corrected chi connectivity index (χ3v) is 3.69. The second-order valence-corrected chi connectivity index (χ2v) is 6.33. The summed E-state index contributed by atoms with van der Waals surface area (Å²) < 4.78 is 0. The first kappa shape index (κ1) is 20.4. The van der Waals surface area contributed by atoms with Crippen LogP contribution in [-0.2, 0) is 20.8 Å². The highest BCUT2D eigenvalue weighted by Crippen LogP contribution is 2.26. The van der Waals surface area contributed by atoms with Crippen molar-refractivity contribution in [2.24, 2.45) is 0 Å². The monoisotopic (exact) mass is 345 g/mol. The van der Waals surface area contributed by atoms with Gasteiger partial charge in [0.2, 0.25) is 5.91 Å². The number of aryl methyl sites for hydroxylation is 1. The zero-order valence-electron chi connectivity index (χ0n) is 15.4. The average molecular weight is 345 g/mol. The van der Waals surface area contributed by atoms with Crippen molar-refractivity contribution in [1.29, 1.82) is 0 Å². The van der Waals surface area contributed by atoms with Crippen molar-refractivity contribution < 1.29 is 14.4 Å². The lowest BCUT2D eigenvalue weighted by atomic mass is 10.1. The molecule has 1 amide bonds. The Hall–Kier alpha value is -2.63. The summed E-state index contributed by atoms with van der Waals surface area (Å²) in [5.41, 5.74) is 3.24. The molecule has 6 nitrogen and oxygen atoms in total. The predicted molar refractivity (Wildman–Crippen MR) is 101 cm³/mol. The molecule has 0 unspecified atom stereocenters. The second kappa shape index (κ2) is 9.61. The van der Waals surface area contributed by atoms with Crippen LogP contribution in [0.25, 0.3) is 0 Å². The standard InChI is InChI=1S/C19H27N3O3/c1-13(2)19(25)21-16(12-23)11-20-17-9-8-15(7-6-14(3)24)10-18(17)22(4)5/h8-10,12,16,20H,1,6-7,11H2,2-5H3,(H,21,25)/t16-/m0/s1. The van der Waals surface area contributed by atoms with Crippen LogP contribution < -0.4 is 15.5 Å². The van der Waals surface area contributed by atoms with Crippen molar-refractivity contribution in [1.82, 2.24) is 5.32 Å². The number of benzene rings is 1. The second-order valence-electron chi connectivity index (χ2n) is 6.33. The molecule has 1 aromatic rings. The third-order valence-electron chi connectivity index (χ3n) is 3.69. The minimum absolute atomic E-state index is 0.163. The van der Waals surface area contributed by atoms with E-state index in [1.54, 1.807) is 13.8 Å². The minimum Gasteiger partial charge on any atom is -0.381 e. The van der Waals surface area contributed by atoms with E-state index in [0.29, 0.717) is 24.7 Å². The van der Waals surface area contributed by atoms with Gasteiger partial charge in [-0.3, -0.25) is 4.79 Å². The number of Topliss-reactive ketones (excluding diaryl/α,β-unsaturated/α-hetero) is 1. The molecule has 0 spiro atoms. The van der Waals surface area contributed by atoms with E-state index in [9.17, 15) is 14.4 Å². The lowest BCUT2D eigenvalue weighted by Crippen LogP contribution is -2.41. The molecule has 0 aromatic heterocycles. The molecule has 0 bridgehead atoms. The third kappa shape index (κ3) is 6.79. The molecule has 0 heterocycles. The summed E-state index contributed by atoms with van der Waals surface area (Å²) in [5.74, 6) is -0.179. The van der Waals surface area contributed by atoms with Gasteiger partial charge in [0, 0.05) is 32.6 Å². The number of anilines is 2. The van der Waals surface area contributed by atoms with Crippen molar-refractivity contribution in [3.05, 3.63) is 35.9 Å². The summed E-state index contributed by atoms with van der Waals surface area (Å²) in [6.07, 6.45) is 1.91. The highest BCUT2D eigenvalue weighted by atomic mass is 16.2. The molecule has 1 atom stereocenters. The summed E-state index contributed by atoms with van der Waals surface area (Å²) in [5, 5.41) is 5.81. The number of rotatable bonds is 10. The van der Waals surface area contributed by atoms with Crippen LogP contribution in [0, 0.1) is 0 Å². The molecule has 136 valence electrons. The van der Waals surface area contributed by atoms with E-state index in [2.05, 4.69) is 17.2 Å². The number of ketones is 1. The fourth-order valence-electron chi connectivity index (χ4n) is 2.22. The Morgan fingerprint density at radius 2 is 1.96 bits per heavy atom. The van der Waals surface area contributed by atoms with Gasteiger partial charge >= 0.3 is 0 Å². The Morgan fingerprint density at radius 1 is 1.28 bits per heavy atom. The molecule has 1 aromatic carbocycles. The van der Waals surface area contributed by atoms with Crippen molar-refractivity contribution in [3.63, 3.8) is 0 Å². The molecular weight excluding hydrogens is 318 g/mol. The number of aldehydes is 1. The lowest BCUT2D eigenvalue weighted by molar-refractivity contribution is -0.120. The van der Waals surface area contributed by atoms with E-state index in [4.69, 9.17) is 0 Å². The van der Waals surface area contributed by atoms with Gasteiger partial charge in [-0.1, -0.05) is 12.6 Å². The molecule has 2 N–H and O–H groups in total. The van der Waals surface area contributed by atoms with Gasteiger partial charge in [-0.2, -0.15) is 0 Å². The van der Waals surface area contributed by atoms with Crippen LogP contribution in [-0.4, -0.2) is 44.7 Å². The van der Waals surface area contributed by atoms with Gasteiger partial charge in [0.05, 0.1) is 11.4 Å². The zero-order valence-corrected chi connectivity index (χ0v) is 15.4. The maximum Gasteiger partial charge on any atom is 0.246 e. The van der Waals surface area contributed by atoms with E-state index >= 15 is 0 Å². The quantitative estimate of drug-likeness (QED) is 0.500. The molecule has 6 heteroatoms. The topological polar surface area (TPSA) is 78.5 Å². The van der Waals surface area contributed by atoms with Crippen molar-refractivity contribution in [3.8, 4) is 0 Å². The Kier molecular flexibility index (Phi) is 7.85. The minimum atomic E-state index is -0.642. The van der Waals surface area contributed by atoms with Crippen molar-refractivity contribution in [2.45, 2.75) is 32.7 Å². The zero-order chi connectivity index (χ0) is 19.0. The normalized spacial score (nSPS) is 11.4. The Balaban J connectivity index is 2.82. The van der Waals surface area contributed by atoms with Crippen LogP contribution in [0.4, 0.5) is 11.4 Å². The SMILES string of the molecule is C=C(C)C(=O)N[C@H](C=O)CNc1ccc(CCC(C)=O)cc1N(C)C.